The van der Waals surface area contributed by atoms with Crippen molar-refractivity contribution in [3.05, 3.63) is 70.7 Å². The van der Waals surface area contributed by atoms with Crippen LogP contribution in [0.15, 0.2) is 59.6 Å². The van der Waals surface area contributed by atoms with Crippen LogP contribution in [0.25, 0.3) is 0 Å². The number of methoxy groups -OCH3 is 1. The van der Waals surface area contributed by atoms with Crippen molar-refractivity contribution in [1.82, 2.24) is 14.9 Å². The van der Waals surface area contributed by atoms with Crippen molar-refractivity contribution in [3.8, 4) is 11.5 Å². The minimum absolute atomic E-state index is 0.488. The molecule has 0 aliphatic carbocycles. The third-order valence-corrected chi connectivity index (χ3v) is 4.18. The SMILES string of the molecule is COc1cc(CNn2cnnc2)c(Br)cc1OCc1ccccc1. The number of rotatable bonds is 7. The van der Waals surface area contributed by atoms with E-state index in [1.807, 2.05) is 42.5 Å². The normalized spacial score (nSPS) is 10.4. The van der Waals surface area contributed by atoms with Gasteiger partial charge in [0.05, 0.1) is 13.7 Å². The fourth-order valence-corrected chi connectivity index (χ4v) is 2.64. The second-order valence-corrected chi connectivity index (χ2v) is 5.93. The van der Waals surface area contributed by atoms with E-state index < -0.39 is 0 Å². The molecule has 0 unspecified atom stereocenters. The lowest BCUT2D eigenvalue weighted by molar-refractivity contribution is 0.284. The molecule has 0 fully saturated rings. The molecular weight excluding hydrogens is 372 g/mol. The highest BCUT2D eigenvalue weighted by Gasteiger charge is 2.11. The predicted octanol–water partition coefficient (Wildman–Crippen LogP) is 3.37. The third kappa shape index (κ3) is 4.05. The van der Waals surface area contributed by atoms with Crippen LogP contribution >= 0.6 is 15.9 Å². The number of nitrogens with one attached hydrogen (secondary N) is 1. The monoisotopic (exact) mass is 388 g/mol. The molecule has 0 saturated heterocycles. The van der Waals surface area contributed by atoms with E-state index in [0.717, 1.165) is 15.6 Å². The summed E-state index contributed by atoms with van der Waals surface area (Å²) in [6.45, 7) is 1.08. The molecule has 2 aromatic carbocycles. The Morgan fingerprint density at radius 2 is 1.83 bits per heavy atom. The van der Waals surface area contributed by atoms with Crippen molar-refractivity contribution in [1.29, 1.82) is 0 Å². The van der Waals surface area contributed by atoms with Gasteiger partial charge in [0.15, 0.2) is 11.5 Å². The summed E-state index contributed by atoms with van der Waals surface area (Å²) in [5.74, 6) is 1.39. The summed E-state index contributed by atoms with van der Waals surface area (Å²) in [6.07, 6.45) is 3.20. The average molecular weight is 389 g/mol. The summed E-state index contributed by atoms with van der Waals surface area (Å²) < 4.78 is 14.0. The molecule has 1 aromatic heterocycles. The van der Waals surface area contributed by atoms with Gasteiger partial charge in [-0.2, -0.15) is 0 Å². The van der Waals surface area contributed by atoms with Crippen LogP contribution in [-0.2, 0) is 13.2 Å². The second-order valence-electron chi connectivity index (χ2n) is 5.07. The van der Waals surface area contributed by atoms with Crippen LogP contribution in [0, 0.1) is 0 Å². The largest absolute Gasteiger partial charge is 0.493 e. The molecule has 3 rings (SSSR count). The van der Waals surface area contributed by atoms with Gasteiger partial charge in [-0.25, -0.2) is 4.68 Å². The van der Waals surface area contributed by atoms with Gasteiger partial charge >= 0.3 is 0 Å². The average Bonchev–Trinajstić information content (AvgIpc) is 3.13. The smallest absolute Gasteiger partial charge is 0.162 e. The van der Waals surface area contributed by atoms with E-state index in [1.165, 1.54) is 0 Å². The van der Waals surface area contributed by atoms with Gasteiger partial charge in [-0.3, -0.25) is 0 Å². The fourth-order valence-electron chi connectivity index (χ4n) is 2.18. The molecule has 1 N–H and O–H groups in total. The molecule has 124 valence electrons. The molecule has 24 heavy (non-hydrogen) atoms. The number of ether oxygens (including phenoxy) is 2. The zero-order valence-electron chi connectivity index (χ0n) is 13.1. The van der Waals surface area contributed by atoms with Gasteiger partial charge in [0.1, 0.15) is 19.3 Å². The Kier molecular flexibility index (Phi) is 5.32. The molecule has 0 amide bonds. The topological polar surface area (TPSA) is 61.2 Å². The molecule has 0 atom stereocenters. The first-order valence-electron chi connectivity index (χ1n) is 7.38. The first-order valence-corrected chi connectivity index (χ1v) is 8.17. The first kappa shape index (κ1) is 16.3. The number of aromatic nitrogens is 3. The Morgan fingerprint density at radius 3 is 2.54 bits per heavy atom. The standard InChI is InChI=1S/C17H17BrN4O2/c1-23-16-7-14(9-21-22-11-19-20-12-22)15(18)8-17(16)24-10-13-5-3-2-4-6-13/h2-8,11-12,21H,9-10H2,1H3. The van der Waals surface area contributed by atoms with E-state index in [9.17, 15) is 0 Å². The van der Waals surface area contributed by atoms with Crippen molar-refractivity contribution >= 4 is 15.9 Å². The number of hydrogen-bond acceptors (Lipinski definition) is 5. The van der Waals surface area contributed by atoms with Crippen molar-refractivity contribution < 1.29 is 9.47 Å². The summed E-state index contributed by atoms with van der Waals surface area (Å²) in [4.78, 5) is 0. The quantitative estimate of drug-likeness (QED) is 0.672. The van der Waals surface area contributed by atoms with Crippen LogP contribution in [0.5, 0.6) is 11.5 Å². The highest BCUT2D eigenvalue weighted by Crippen LogP contribution is 2.34. The molecule has 0 radical (unpaired) electrons. The lowest BCUT2D eigenvalue weighted by Crippen LogP contribution is -2.12. The van der Waals surface area contributed by atoms with Crippen molar-refractivity contribution in [3.63, 3.8) is 0 Å². The Morgan fingerprint density at radius 1 is 1.08 bits per heavy atom. The lowest BCUT2D eigenvalue weighted by Gasteiger charge is -2.15. The van der Waals surface area contributed by atoms with Gasteiger partial charge in [-0.1, -0.05) is 46.3 Å². The molecule has 3 aromatic rings. The Bertz CT molecular complexity index is 779. The van der Waals surface area contributed by atoms with Crippen molar-refractivity contribution in [2.45, 2.75) is 13.2 Å². The van der Waals surface area contributed by atoms with Gasteiger partial charge in [0.2, 0.25) is 0 Å². The van der Waals surface area contributed by atoms with E-state index in [4.69, 9.17) is 9.47 Å². The minimum Gasteiger partial charge on any atom is -0.493 e. The minimum atomic E-state index is 0.488. The number of benzene rings is 2. The van der Waals surface area contributed by atoms with Gasteiger partial charge in [-0.15, -0.1) is 10.2 Å². The van der Waals surface area contributed by atoms with Crippen molar-refractivity contribution in [2.24, 2.45) is 0 Å². The molecule has 0 spiro atoms. The van der Waals surface area contributed by atoms with E-state index in [0.29, 0.717) is 24.7 Å². The highest BCUT2D eigenvalue weighted by molar-refractivity contribution is 9.10. The summed E-state index contributed by atoms with van der Waals surface area (Å²) in [7, 11) is 1.63. The van der Waals surface area contributed by atoms with Crippen LogP contribution in [0.3, 0.4) is 0 Å². The summed E-state index contributed by atoms with van der Waals surface area (Å²) in [5, 5.41) is 7.50. The van der Waals surface area contributed by atoms with Crippen LogP contribution in [0.4, 0.5) is 0 Å². The molecular formula is C17H17BrN4O2. The summed E-state index contributed by atoms with van der Waals surface area (Å²) >= 11 is 3.58. The molecule has 1 heterocycles. The van der Waals surface area contributed by atoms with E-state index >= 15 is 0 Å². The fraction of sp³-hybridized carbons (Fsp3) is 0.176. The molecule has 0 aliphatic heterocycles. The van der Waals surface area contributed by atoms with E-state index in [1.54, 1.807) is 24.4 Å². The lowest BCUT2D eigenvalue weighted by atomic mass is 10.2. The number of nitrogens with zero attached hydrogens (tertiary/aromatic N) is 3. The van der Waals surface area contributed by atoms with Gasteiger partial charge in [-0.05, 0) is 23.3 Å². The number of halogens is 1. The Balaban J connectivity index is 1.72. The van der Waals surface area contributed by atoms with Gasteiger partial charge in [0, 0.05) is 4.47 Å². The number of hydrogen-bond donors (Lipinski definition) is 1. The molecule has 0 aliphatic rings. The maximum atomic E-state index is 5.90. The molecule has 6 nitrogen and oxygen atoms in total. The highest BCUT2D eigenvalue weighted by atomic mass is 79.9. The predicted molar refractivity (Wildman–Crippen MR) is 94.6 cm³/mol. The molecule has 7 heteroatoms. The Labute approximate surface area is 148 Å². The maximum Gasteiger partial charge on any atom is 0.162 e. The van der Waals surface area contributed by atoms with Gasteiger partial charge < -0.3 is 14.9 Å². The second kappa shape index (κ2) is 7.83. The van der Waals surface area contributed by atoms with Crippen LogP contribution in [0.2, 0.25) is 0 Å². The van der Waals surface area contributed by atoms with E-state index in [2.05, 4.69) is 31.6 Å². The first-order chi connectivity index (χ1) is 11.8. The van der Waals surface area contributed by atoms with Crippen molar-refractivity contribution in [2.75, 3.05) is 12.5 Å². The summed E-state index contributed by atoms with van der Waals surface area (Å²) in [6, 6.07) is 13.9. The summed E-state index contributed by atoms with van der Waals surface area (Å²) in [5.41, 5.74) is 5.32. The zero-order chi connectivity index (χ0) is 16.8. The zero-order valence-corrected chi connectivity index (χ0v) is 14.7. The molecule has 0 saturated carbocycles. The third-order valence-electron chi connectivity index (χ3n) is 3.44. The Hall–Kier alpha value is -2.54. The van der Waals surface area contributed by atoms with Crippen LogP contribution < -0.4 is 14.9 Å². The van der Waals surface area contributed by atoms with E-state index in [-0.39, 0.29) is 0 Å². The molecule has 0 bridgehead atoms. The van der Waals surface area contributed by atoms with Crippen LogP contribution in [-0.4, -0.2) is 22.0 Å². The van der Waals surface area contributed by atoms with Crippen LogP contribution in [0.1, 0.15) is 11.1 Å². The van der Waals surface area contributed by atoms with Gasteiger partial charge in [0.25, 0.3) is 0 Å². The maximum absolute atomic E-state index is 5.90.